The molecule has 1 saturated heterocycles. The van der Waals surface area contributed by atoms with E-state index < -0.39 is 23.1 Å². The molecule has 3 amide bonds. The summed E-state index contributed by atoms with van der Waals surface area (Å²) in [5.41, 5.74) is -0.345. The number of nitrogens with zero attached hydrogens (tertiary/aromatic N) is 2. The number of carbonyl (C=O) groups is 3. The number of nitro groups is 1. The normalized spacial score (nSPS) is 28.5. The van der Waals surface area contributed by atoms with E-state index >= 15 is 0 Å². The lowest BCUT2D eigenvalue weighted by molar-refractivity contribution is -0.384. The fraction of sp³-hybridized carbons (Fsp3) is 0.353. The average Bonchev–Trinajstić information content (AvgIpc) is 3.26. The van der Waals surface area contributed by atoms with Crippen molar-refractivity contribution in [3.8, 4) is 5.75 Å². The van der Waals surface area contributed by atoms with Crippen LogP contribution in [0.15, 0.2) is 30.4 Å². The monoisotopic (exact) mass is 357 g/mol. The Morgan fingerprint density at radius 3 is 2.38 bits per heavy atom. The van der Waals surface area contributed by atoms with Crippen molar-refractivity contribution in [3.63, 3.8) is 0 Å². The van der Waals surface area contributed by atoms with Gasteiger partial charge in [0.15, 0.2) is 0 Å². The fourth-order valence-electron chi connectivity index (χ4n) is 4.19. The van der Waals surface area contributed by atoms with Crippen LogP contribution in [0.4, 0.5) is 11.4 Å². The summed E-state index contributed by atoms with van der Waals surface area (Å²) in [7, 11) is 0. The van der Waals surface area contributed by atoms with Gasteiger partial charge in [-0.2, -0.15) is 0 Å². The average molecular weight is 357 g/mol. The number of amides is 3. The highest BCUT2D eigenvalue weighted by atomic mass is 16.6. The fourth-order valence-corrected chi connectivity index (χ4v) is 4.19. The smallest absolute Gasteiger partial charge is 0.273 e. The summed E-state index contributed by atoms with van der Waals surface area (Å²) in [6, 6.07) is 3.24. The second-order valence-electron chi connectivity index (χ2n) is 6.77. The summed E-state index contributed by atoms with van der Waals surface area (Å²) in [5.74, 6) is -2.42. The molecule has 2 bridgehead atoms. The minimum Gasteiger partial charge on any atom is -0.506 e. The second kappa shape index (κ2) is 5.65. The van der Waals surface area contributed by atoms with Crippen molar-refractivity contribution in [2.75, 3.05) is 11.9 Å². The number of phenols is 1. The van der Waals surface area contributed by atoms with Crippen molar-refractivity contribution >= 4 is 29.1 Å². The number of hydrogen-bond acceptors (Lipinski definition) is 6. The molecule has 134 valence electrons. The zero-order valence-corrected chi connectivity index (χ0v) is 13.5. The molecule has 2 aliphatic carbocycles. The number of nitro benzene ring substituents is 1. The highest BCUT2D eigenvalue weighted by molar-refractivity contribution is 6.09. The van der Waals surface area contributed by atoms with E-state index in [0.29, 0.717) is 0 Å². The number of imide groups is 1. The number of benzene rings is 1. The van der Waals surface area contributed by atoms with Gasteiger partial charge in [-0.3, -0.25) is 29.4 Å². The van der Waals surface area contributed by atoms with Gasteiger partial charge in [0.05, 0.1) is 28.5 Å². The number of phenolic OH excluding ortho intramolecular Hbond substituents is 1. The second-order valence-corrected chi connectivity index (χ2v) is 6.77. The molecular formula is C17H15N3O6. The molecule has 3 aliphatic rings. The predicted molar refractivity (Wildman–Crippen MR) is 87.8 cm³/mol. The minimum atomic E-state index is -0.673. The lowest BCUT2D eigenvalue weighted by Crippen LogP contribution is -2.39. The van der Waals surface area contributed by atoms with Gasteiger partial charge in [0.1, 0.15) is 12.3 Å². The number of anilines is 1. The molecular weight excluding hydrogens is 342 g/mol. The quantitative estimate of drug-likeness (QED) is 0.272. The molecule has 1 saturated carbocycles. The maximum Gasteiger partial charge on any atom is 0.273 e. The SMILES string of the molecule is O=C(CN1C(=O)[C@@H]2[C@@H](C1=O)[C@H]1C=C[C@@H]2C1)Nc1ccc([N+](=O)[O-])cc1O. The zero-order valence-electron chi connectivity index (χ0n) is 13.5. The van der Waals surface area contributed by atoms with Crippen LogP contribution >= 0.6 is 0 Å². The highest BCUT2D eigenvalue weighted by Crippen LogP contribution is 2.52. The van der Waals surface area contributed by atoms with Crippen molar-refractivity contribution in [1.82, 2.24) is 4.90 Å². The van der Waals surface area contributed by atoms with Crippen LogP contribution in [0.2, 0.25) is 0 Å². The Balaban J connectivity index is 1.45. The van der Waals surface area contributed by atoms with Gasteiger partial charge in [-0.1, -0.05) is 12.2 Å². The summed E-state index contributed by atoms with van der Waals surface area (Å²) in [5, 5.41) is 22.8. The van der Waals surface area contributed by atoms with Gasteiger partial charge in [-0.25, -0.2) is 0 Å². The summed E-state index contributed by atoms with van der Waals surface area (Å²) in [6.07, 6.45) is 4.74. The molecule has 26 heavy (non-hydrogen) atoms. The first kappa shape index (κ1) is 16.2. The number of non-ortho nitro benzene ring substituents is 1. The molecule has 0 spiro atoms. The summed E-state index contributed by atoms with van der Waals surface area (Å²) >= 11 is 0. The van der Waals surface area contributed by atoms with Crippen LogP contribution in [-0.4, -0.2) is 39.2 Å². The molecule has 2 N–H and O–H groups in total. The molecule has 1 aliphatic heterocycles. The van der Waals surface area contributed by atoms with E-state index in [2.05, 4.69) is 5.32 Å². The molecule has 4 atom stereocenters. The lowest BCUT2D eigenvalue weighted by atomic mass is 9.85. The van der Waals surface area contributed by atoms with Gasteiger partial charge in [-0.05, 0) is 24.3 Å². The van der Waals surface area contributed by atoms with Crippen molar-refractivity contribution in [1.29, 1.82) is 0 Å². The molecule has 0 aromatic heterocycles. The van der Waals surface area contributed by atoms with Gasteiger partial charge < -0.3 is 10.4 Å². The van der Waals surface area contributed by atoms with Crippen molar-refractivity contribution in [2.45, 2.75) is 6.42 Å². The Morgan fingerprint density at radius 2 is 1.85 bits per heavy atom. The molecule has 2 fully saturated rings. The third kappa shape index (κ3) is 2.35. The van der Waals surface area contributed by atoms with Gasteiger partial charge >= 0.3 is 0 Å². The molecule has 0 unspecified atom stereocenters. The molecule has 0 radical (unpaired) electrons. The molecule has 1 heterocycles. The van der Waals surface area contributed by atoms with Crippen LogP contribution in [0.3, 0.4) is 0 Å². The summed E-state index contributed by atoms with van der Waals surface area (Å²) in [6.45, 7) is -0.444. The minimum absolute atomic E-state index is 0.0263. The van der Waals surface area contributed by atoms with Gasteiger partial charge in [0.2, 0.25) is 17.7 Å². The molecule has 9 nitrogen and oxygen atoms in total. The Labute approximate surface area is 147 Å². The lowest BCUT2D eigenvalue weighted by Gasteiger charge is -2.17. The first-order chi connectivity index (χ1) is 12.4. The van der Waals surface area contributed by atoms with E-state index in [-0.39, 0.29) is 46.9 Å². The van der Waals surface area contributed by atoms with Crippen LogP contribution in [0.25, 0.3) is 0 Å². The van der Waals surface area contributed by atoms with Gasteiger partial charge in [0, 0.05) is 6.07 Å². The number of nitrogens with one attached hydrogen (secondary N) is 1. The van der Waals surface area contributed by atoms with E-state index in [1.165, 1.54) is 6.07 Å². The Kier molecular flexibility index (Phi) is 3.53. The molecule has 9 heteroatoms. The van der Waals surface area contributed by atoms with Crippen molar-refractivity contribution in [2.24, 2.45) is 23.7 Å². The van der Waals surface area contributed by atoms with Crippen LogP contribution in [-0.2, 0) is 14.4 Å². The van der Waals surface area contributed by atoms with Crippen LogP contribution in [0.1, 0.15) is 6.42 Å². The molecule has 1 aromatic rings. The zero-order chi connectivity index (χ0) is 18.6. The Morgan fingerprint density at radius 1 is 1.23 bits per heavy atom. The summed E-state index contributed by atoms with van der Waals surface area (Å²) in [4.78, 5) is 48.2. The number of aromatic hydroxyl groups is 1. The van der Waals surface area contributed by atoms with Crippen molar-refractivity contribution in [3.05, 3.63) is 40.5 Å². The van der Waals surface area contributed by atoms with E-state index in [1.807, 2.05) is 12.2 Å². The third-order valence-electron chi connectivity index (χ3n) is 5.33. The molecule has 4 rings (SSSR count). The first-order valence-corrected chi connectivity index (χ1v) is 8.17. The number of rotatable bonds is 4. The van der Waals surface area contributed by atoms with Crippen LogP contribution in [0, 0.1) is 33.8 Å². The topological polar surface area (TPSA) is 130 Å². The van der Waals surface area contributed by atoms with E-state index in [4.69, 9.17) is 0 Å². The maximum atomic E-state index is 12.5. The van der Waals surface area contributed by atoms with Crippen molar-refractivity contribution < 1.29 is 24.4 Å². The van der Waals surface area contributed by atoms with E-state index in [9.17, 15) is 29.6 Å². The number of fused-ring (bicyclic) bond motifs is 5. The van der Waals surface area contributed by atoms with Crippen LogP contribution in [0.5, 0.6) is 5.75 Å². The van der Waals surface area contributed by atoms with Gasteiger partial charge in [-0.15, -0.1) is 0 Å². The number of likely N-dealkylation sites (tertiary alicyclic amines) is 1. The van der Waals surface area contributed by atoms with Gasteiger partial charge in [0.25, 0.3) is 5.69 Å². The number of carbonyl (C=O) groups excluding carboxylic acids is 3. The Hall–Kier alpha value is -3.23. The predicted octanol–water partition coefficient (Wildman–Crippen LogP) is 1.05. The largest absolute Gasteiger partial charge is 0.506 e. The Bertz CT molecular complexity index is 849. The number of hydrogen-bond donors (Lipinski definition) is 2. The standard InChI is InChI=1S/C17H15N3O6/c21-12-6-10(20(25)26)3-4-11(12)18-13(22)7-19-16(23)14-8-1-2-9(5-8)15(14)17(19)24/h1-4,6,8-9,14-15,21H,5,7H2,(H,18,22)/t8-,9+,14-,15-/m0/s1. The first-order valence-electron chi connectivity index (χ1n) is 8.17. The molecule has 1 aromatic carbocycles. The summed E-state index contributed by atoms with van der Waals surface area (Å²) < 4.78 is 0. The highest BCUT2D eigenvalue weighted by Gasteiger charge is 2.59. The number of allylic oxidation sites excluding steroid dienone is 2. The van der Waals surface area contributed by atoms with Crippen LogP contribution < -0.4 is 5.32 Å². The van der Waals surface area contributed by atoms with E-state index in [1.54, 1.807) is 0 Å². The van der Waals surface area contributed by atoms with E-state index in [0.717, 1.165) is 23.5 Å². The maximum absolute atomic E-state index is 12.5. The third-order valence-corrected chi connectivity index (χ3v) is 5.33.